The maximum Gasteiger partial charge on any atom is 0.225 e. The normalized spacial score (nSPS) is 26.1. The minimum Gasteiger partial charge on any atom is -0.373 e. The number of anilines is 1. The van der Waals surface area contributed by atoms with Gasteiger partial charge < -0.3 is 15.0 Å². The van der Waals surface area contributed by atoms with E-state index in [0.29, 0.717) is 24.1 Å². The highest BCUT2D eigenvalue weighted by atomic mass is 19.1. The highest BCUT2D eigenvalue weighted by Gasteiger charge is 2.49. The van der Waals surface area contributed by atoms with Gasteiger partial charge in [-0.3, -0.25) is 9.97 Å². The standard InChI is InChI=1S/C27H33FN6O/c1-19-4-5-23-24(33-19)21(22(28)17-29-23)6-7-27-10-8-26(9-11-27,18-35-27)32-16-20-14-30-25(31-15-20)34-12-2-3-13-34/h4-5,14-15,17,32H,2-3,6-13,16,18H2,1H3. The molecule has 4 fully saturated rings. The summed E-state index contributed by atoms with van der Waals surface area (Å²) < 4.78 is 21.2. The fourth-order valence-electron chi connectivity index (χ4n) is 5.91. The first-order valence-corrected chi connectivity index (χ1v) is 12.9. The maximum absolute atomic E-state index is 14.7. The Kier molecular flexibility index (Phi) is 5.89. The molecular weight excluding hydrogens is 443 g/mol. The van der Waals surface area contributed by atoms with Crippen LogP contribution in [0.3, 0.4) is 0 Å². The van der Waals surface area contributed by atoms with E-state index in [4.69, 9.17) is 4.74 Å². The quantitative estimate of drug-likeness (QED) is 0.546. The Balaban J connectivity index is 1.07. The molecule has 0 unspecified atom stereocenters. The second-order valence-corrected chi connectivity index (χ2v) is 10.6. The van der Waals surface area contributed by atoms with Gasteiger partial charge in [0.25, 0.3) is 0 Å². The summed E-state index contributed by atoms with van der Waals surface area (Å²) in [4.78, 5) is 20.2. The first kappa shape index (κ1) is 22.7. The van der Waals surface area contributed by atoms with Crippen molar-refractivity contribution >= 4 is 17.0 Å². The van der Waals surface area contributed by atoms with Crippen molar-refractivity contribution in [3.8, 4) is 0 Å². The Hall–Kier alpha value is -2.71. The van der Waals surface area contributed by atoms with E-state index in [1.54, 1.807) is 0 Å². The molecule has 184 valence electrons. The lowest BCUT2D eigenvalue weighted by molar-refractivity contribution is -0.165. The molecule has 3 aliphatic heterocycles. The molecule has 0 atom stereocenters. The van der Waals surface area contributed by atoms with Crippen molar-refractivity contribution in [3.63, 3.8) is 0 Å². The van der Waals surface area contributed by atoms with Crippen molar-refractivity contribution in [1.29, 1.82) is 0 Å². The van der Waals surface area contributed by atoms with Gasteiger partial charge in [0.15, 0.2) is 0 Å². The van der Waals surface area contributed by atoms with E-state index in [0.717, 1.165) is 74.5 Å². The number of pyridine rings is 2. The van der Waals surface area contributed by atoms with Crippen LogP contribution in [0.1, 0.15) is 61.8 Å². The van der Waals surface area contributed by atoms with Crippen LogP contribution in [0.5, 0.6) is 0 Å². The van der Waals surface area contributed by atoms with E-state index >= 15 is 0 Å². The predicted molar refractivity (Wildman–Crippen MR) is 133 cm³/mol. The Morgan fingerprint density at radius 1 is 1.03 bits per heavy atom. The molecule has 4 aliphatic rings. The van der Waals surface area contributed by atoms with Crippen molar-refractivity contribution in [3.05, 3.63) is 53.4 Å². The third-order valence-corrected chi connectivity index (χ3v) is 8.26. The second kappa shape index (κ2) is 9.06. The highest BCUT2D eigenvalue weighted by molar-refractivity contribution is 5.77. The predicted octanol–water partition coefficient (Wildman–Crippen LogP) is 4.27. The minimum atomic E-state index is -0.271. The van der Waals surface area contributed by atoms with Crippen molar-refractivity contribution in [2.24, 2.45) is 0 Å². The first-order chi connectivity index (χ1) is 17.0. The number of hydrogen-bond donors (Lipinski definition) is 1. The van der Waals surface area contributed by atoms with Gasteiger partial charge in [-0.15, -0.1) is 0 Å². The number of aryl methyl sites for hydroxylation is 2. The Morgan fingerprint density at radius 3 is 2.51 bits per heavy atom. The van der Waals surface area contributed by atoms with E-state index < -0.39 is 0 Å². The summed E-state index contributed by atoms with van der Waals surface area (Å²) in [6.45, 7) is 5.48. The number of nitrogens with zero attached hydrogens (tertiary/aromatic N) is 5. The summed E-state index contributed by atoms with van der Waals surface area (Å²) in [5, 5.41) is 3.76. The second-order valence-electron chi connectivity index (χ2n) is 10.6. The Morgan fingerprint density at radius 2 is 1.80 bits per heavy atom. The van der Waals surface area contributed by atoms with Crippen LogP contribution in [0.25, 0.3) is 11.0 Å². The number of fused-ring (bicyclic) bond motifs is 4. The zero-order valence-electron chi connectivity index (χ0n) is 20.4. The molecule has 0 spiro atoms. The zero-order valence-corrected chi connectivity index (χ0v) is 20.4. The van der Waals surface area contributed by atoms with E-state index in [1.165, 1.54) is 19.0 Å². The van der Waals surface area contributed by atoms with Gasteiger partial charge in [0.05, 0.1) is 29.4 Å². The van der Waals surface area contributed by atoms with Crippen LogP contribution in [0, 0.1) is 12.7 Å². The summed E-state index contributed by atoms with van der Waals surface area (Å²) >= 11 is 0. The van der Waals surface area contributed by atoms with Crippen LogP contribution in [-0.4, -0.2) is 50.8 Å². The van der Waals surface area contributed by atoms with Gasteiger partial charge in [0, 0.05) is 54.4 Å². The molecule has 1 saturated carbocycles. The van der Waals surface area contributed by atoms with Crippen LogP contribution in [0.4, 0.5) is 10.3 Å². The Labute approximate surface area is 205 Å². The molecule has 6 heterocycles. The number of rotatable bonds is 7. The van der Waals surface area contributed by atoms with Crippen molar-refractivity contribution in [2.75, 3.05) is 24.6 Å². The largest absolute Gasteiger partial charge is 0.373 e. The van der Waals surface area contributed by atoms with Crippen LogP contribution in [0.15, 0.2) is 30.7 Å². The van der Waals surface area contributed by atoms with Crippen LogP contribution >= 0.6 is 0 Å². The molecule has 0 aromatic carbocycles. The molecule has 7 rings (SSSR count). The SMILES string of the molecule is Cc1ccc2ncc(F)c(CCC34CCC(NCc5cnc(N6CCCC6)nc5)(CC3)CO4)c2n1. The summed E-state index contributed by atoms with van der Waals surface area (Å²) in [5.74, 6) is 0.573. The van der Waals surface area contributed by atoms with E-state index in [9.17, 15) is 4.39 Å². The summed E-state index contributed by atoms with van der Waals surface area (Å²) in [6.07, 6.45) is 13.2. The summed E-state index contributed by atoms with van der Waals surface area (Å²) in [5.41, 5.74) is 3.91. The van der Waals surface area contributed by atoms with Crippen molar-refractivity contribution in [2.45, 2.75) is 76.0 Å². The van der Waals surface area contributed by atoms with Gasteiger partial charge in [0.2, 0.25) is 5.95 Å². The minimum absolute atomic E-state index is 0.00263. The molecule has 0 amide bonds. The van der Waals surface area contributed by atoms with Crippen LogP contribution in [-0.2, 0) is 17.7 Å². The molecule has 3 saturated heterocycles. The van der Waals surface area contributed by atoms with Gasteiger partial charge in [-0.1, -0.05) is 0 Å². The van der Waals surface area contributed by atoms with Gasteiger partial charge >= 0.3 is 0 Å². The molecule has 1 aliphatic carbocycles. The fraction of sp³-hybridized carbons (Fsp3) is 0.556. The van der Waals surface area contributed by atoms with Gasteiger partial charge in [-0.05, 0) is 70.4 Å². The van der Waals surface area contributed by atoms with E-state index in [2.05, 4.69) is 30.2 Å². The molecule has 2 bridgehead atoms. The van der Waals surface area contributed by atoms with Crippen LogP contribution < -0.4 is 10.2 Å². The van der Waals surface area contributed by atoms with Crippen LogP contribution in [0.2, 0.25) is 0 Å². The molecule has 8 heteroatoms. The van der Waals surface area contributed by atoms with Gasteiger partial charge in [-0.2, -0.15) is 0 Å². The highest BCUT2D eigenvalue weighted by Crippen LogP contribution is 2.46. The number of hydrogen-bond acceptors (Lipinski definition) is 7. The molecule has 0 radical (unpaired) electrons. The third kappa shape index (κ3) is 4.49. The number of nitrogens with one attached hydrogen (secondary N) is 1. The maximum atomic E-state index is 14.7. The summed E-state index contributed by atoms with van der Waals surface area (Å²) in [6, 6.07) is 3.84. The lowest BCUT2D eigenvalue weighted by Crippen LogP contribution is -2.61. The molecular formula is C27H33FN6O. The van der Waals surface area contributed by atoms with E-state index in [1.807, 2.05) is 31.5 Å². The average molecular weight is 477 g/mol. The number of halogens is 1. The number of ether oxygens (including phenoxy) is 1. The molecule has 3 aromatic rings. The Bertz CT molecular complexity index is 1180. The lowest BCUT2D eigenvalue weighted by Gasteiger charge is -2.53. The summed E-state index contributed by atoms with van der Waals surface area (Å²) in [7, 11) is 0. The van der Waals surface area contributed by atoms with E-state index in [-0.39, 0.29) is 17.0 Å². The molecule has 7 nitrogen and oxygen atoms in total. The zero-order chi connectivity index (χ0) is 23.9. The molecule has 35 heavy (non-hydrogen) atoms. The molecule has 3 aromatic heterocycles. The first-order valence-electron chi connectivity index (χ1n) is 12.9. The average Bonchev–Trinajstić information content (AvgIpc) is 3.44. The van der Waals surface area contributed by atoms with Gasteiger partial charge in [-0.25, -0.2) is 14.4 Å². The third-order valence-electron chi connectivity index (χ3n) is 8.26. The topological polar surface area (TPSA) is 76.1 Å². The fourth-order valence-corrected chi connectivity index (χ4v) is 5.91. The number of aromatic nitrogens is 4. The van der Waals surface area contributed by atoms with Gasteiger partial charge in [0.1, 0.15) is 5.82 Å². The lowest BCUT2D eigenvalue weighted by atomic mass is 9.69. The monoisotopic (exact) mass is 476 g/mol. The van der Waals surface area contributed by atoms with Crippen molar-refractivity contribution in [1.82, 2.24) is 25.3 Å². The molecule has 1 N–H and O–H groups in total. The van der Waals surface area contributed by atoms with Crippen molar-refractivity contribution < 1.29 is 9.13 Å². The smallest absolute Gasteiger partial charge is 0.225 e.